The van der Waals surface area contributed by atoms with E-state index in [0.717, 1.165) is 0 Å². The van der Waals surface area contributed by atoms with E-state index < -0.39 is 16.6 Å². The molecule has 30 heavy (non-hydrogen) atoms. The smallest absolute Gasteiger partial charge is 0.404 e. The highest BCUT2D eigenvalue weighted by molar-refractivity contribution is 5.68. The van der Waals surface area contributed by atoms with Gasteiger partial charge in [0, 0.05) is 37.3 Å². The molecule has 0 unspecified atom stereocenters. The van der Waals surface area contributed by atoms with Crippen molar-refractivity contribution in [2.24, 2.45) is 5.73 Å². The highest BCUT2D eigenvalue weighted by Gasteiger charge is 2.22. The molecular formula is C19H18F2N6O3. The summed E-state index contributed by atoms with van der Waals surface area (Å²) in [6.45, 7) is 1.52. The van der Waals surface area contributed by atoms with Gasteiger partial charge in [-0.15, -0.1) is 5.10 Å². The van der Waals surface area contributed by atoms with Gasteiger partial charge in [0.25, 0.3) is 0 Å². The van der Waals surface area contributed by atoms with E-state index in [1.54, 1.807) is 12.1 Å². The topological polar surface area (TPSA) is 116 Å². The molecule has 3 heterocycles. The van der Waals surface area contributed by atoms with Gasteiger partial charge in [0.05, 0.1) is 30.2 Å². The minimum Gasteiger partial charge on any atom is -0.404 e. The van der Waals surface area contributed by atoms with E-state index in [9.17, 15) is 18.9 Å². The zero-order valence-electron chi connectivity index (χ0n) is 15.8. The summed E-state index contributed by atoms with van der Waals surface area (Å²) in [6, 6.07) is 5.28. The molecule has 156 valence electrons. The number of nitrogens with zero attached hydrogens (tertiary/aromatic N) is 5. The highest BCUT2D eigenvalue weighted by atomic mass is 19.1. The number of aromatic nitrogens is 3. The lowest BCUT2D eigenvalue weighted by Crippen LogP contribution is -2.28. The van der Waals surface area contributed by atoms with Gasteiger partial charge < -0.3 is 10.2 Å². The van der Waals surface area contributed by atoms with Gasteiger partial charge in [-0.05, 0) is 18.1 Å². The van der Waals surface area contributed by atoms with Crippen molar-refractivity contribution in [2.45, 2.75) is 19.5 Å². The maximum Gasteiger partial charge on any atom is 0.433 e. The van der Waals surface area contributed by atoms with E-state index >= 15 is 0 Å². The minimum atomic E-state index is -0.684. The van der Waals surface area contributed by atoms with Crippen molar-refractivity contribution in [1.29, 1.82) is 0 Å². The summed E-state index contributed by atoms with van der Waals surface area (Å²) in [5.41, 5.74) is 6.72. The molecule has 0 amide bonds. The third-order valence-electron chi connectivity index (χ3n) is 4.86. The Hall–Kier alpha value is -3.44. The maximum absolute atomic E-state index is 14.7. The molecule has 1 aromatic carbocycles. The zero-order valence-corrected chi connectivity index (χ0v) is 15.8. The van der Waals surface area contributed by atoms with E-state index in [4.69, 9.17) is 10.2 Å². The zero-order chi connectivity index (χ0) is 21.3. The Kier molecular flexibility index (Phi) is 5.38. The number of halogens is 2. The van der Waals surface area contributed by atoms with Crippen molar-refractivity contribution in [1.82, 2.24) is 19.9 Å². The lowest BCUT2D eigenvalue weighted by Gasteiger charge is -2.25. The highest BCUT2D eigenvalue weighted by Crippen LogP contribution is 2.30. The Balaban J connectivity index is 1.49. The summed E-state index contributed by atoms with van der Waals surface area (Å²) in [5, 5.41) is 18.3. The standard InChI is InChI=1S/C19H18F2N6O3/c20-16-7-14(26-10-13(9-22)23-24-26)8-17(21)19(16)12-3-5-25(6-4-12)11-15-1-2-18(30-15)27(28)29/h1-3,7-8,10H,4-6,9,11,22H2. The maximum atomic E-state index is 14.7. The lowest BCUT2D eigenvalue weighted by molar-refractivity contribution is -0.402. The Morgan fingerprint density at radius 1 is 1.27 bits per heavy atom. The summed E-state index contributed by atoms with van der Waals surface area (Å²) < 4.78 is 35.9. The van der Waals surface area contributed by atoms with Crippen LogP contribution in [0.3, 0.4) is 0 Å². The number of nitrogens with two attached hydrogens (primary N) is 1. The van der Waals surface area contributed by atoms with E-state index in [-0.39, 0.29) is 23.7 Å². The van der Waals surface area contributed by atoms with Crippen LogP contribution in [0.25, 0.3) is 11.3 Å². The Morgan fingerprint density at radius 2 is 2.03 bits per heavy atom. The van der Waals surface area contributed by atoms with Crippen LogP contribution in [0.4, 0.5) is 14.7 Å². The number of rotatable bonds is 6. The predicted octanol–water partition coefficient (Wildman–Crippen LogP) is 2.79. The second-order valence-corrected chi connectivity index (χ2v) is 6.85. The lowest BCUT2D eigenvalue weighted by atomic mass is 9.98. The summed E-state index contributed by atoms with van der Waals surface area (Å²) in [6.07, 6.45) is 3.70. The van der Waals surface area contributed by atoms with Gasteiger partial charge in [-0.3, -0.25) is 15.0 Å². The molecule has 0 atom stereocenters. The van der Waals surface area contributed by atoms with Crippen molar-refractivity contribution in [3.8, 4) is 5.69 Å². The molecule has 4 rings (SSSR count). The third-order valence-corrected chi connectivity index (χ3v) is 4.86. The number of hydrogen-bond donors (Lipinski definition) is 1. The van der Waals surface area contributed by atoms with Crippen LogP contribution < -0.4 is 5.73 Å². The largest absolute Gasteiger partial charge is 0.433 e. The van der Waals surface area contributed by atoms with Crippen LogP contribution in [0.1, 0.15) is 23.4 Å². The van der Waals surface area contributed by atoms with Gasteiger partial charge in [0.2, 0.25) is 0 Å². The molecule has 0 fully saturated rings. The molecule has 3 aromatic rings. The molecule has 1 aliphatic heterocycles. The molecule has 2 N–H and O–H groups in total. The quantitative estimate of drug-likeness (QED) is 0.485. The van der Waals surface area contributed by atoms with Gasteiger partial charge >= 0.3 is 5.88 Å². The molecule has 0 saturated carbocycles. The van der Waals surface area contributed by atoms with Crippen molar-refractivity contribution < 1.29 is 18.1 Å². The van der Waals surface area contributed by atoms with E-state index in [1.807, 2.05) is 4.90 Å². The third kappa shape index (κ3) is 3.98. The van der Waals surface area contributed by atoms with Crippen LogP contribution >= 0.6 is 0 Å². The molecule has 0 aliphatic carbocycles. The van der Waals surface area contributed by atoms with Crippen LogP contribution in [0.2, 0.25) is 0 Å². The first-order chi connectivity index (χ1) is 14.4. The van der Waals surface area contributed by atoms with Crippen molar-refractivity contribution >= 4 is 11.5 Å². The fourth-order valence-corrected chi connectivity index (χ4v) is 3.37. The van der Waals surface area contributed by atoms with E-state index in [1.165, 1.54) is 29.1 Å². The molecule has 9 nitrogen and oxygen atoms in total. The minimum absolute atomic E-state index is 0.0637. The van der Waals surface area contributed by atoms with Crippen molar-refractivity contribution in [3.63, 3.8) is 0 Å². The Morgan fingerprint density at radius 3 is 2.60 bits per heavy atom. The van der Waals surface area contributed by atoms with Crippen LogP contribution in [0.15, 0.2) is 41.0 Å². The summed E-state index contributed by atoms with van der Waals surface area (Å²) in [5.74, 6) is -1.22. The fraction of sp³-hybridized carbons (Fsp3) is 0.263. The normalized spacial score (nSPS) is 14.7. The second kappa shape index (κ2) is 8.13. The average Bonchev–Trinajstić information content (AvgIpc) is 3.38. The summed E-state index contributed by atoms with van der Waals surface area (Å²) in [4.78, 5) is 12.1. The number of furan rings is 1. The van der Waals surface area contributed by atoms with Crippen LogP contribution in [0.5, 0.6) is 0 Å². The first-order valence-corrected chi connectivity index (χ1v) is 9.20. The molecule has 11 heteroatoms. The molecule has 0 radical (unpaired) electrons. The van der Waals surface area contributed by atoms with Gasteiger partial charge in [-0.2, -0.15) is 0 Å². The van der Waals surface area contributed by atoms with Crippen molar-refractivity contribution in [3.05, 3.63) is 75.3 Å². The second-order valence-electron chi connectivity index (χ2n) is 6.85. The van der Waals surface area contributed by atoms with Gasteiger partial charge in [-0.1, -0.05) is 11.3 Å². The molecule has 1 aliphatic rings. The summed E-state index contributed by atoms with van der Waals surface area (Å²) >= 11 is 0. The Bertz CT molecular complexity index is 1100. The molecule has 0 spiro atoms. The number of nitro groups is 1. The van der Waals surface area contributed by atoms with E-state index in [2.05, 4.69) is 10.3 Å². The molecular weight excluding hydrogens is 398 g/mol. The number of benzene rings is 1. The SMILES string of the molecule is NCc1cn(-c2cc(F)c(C3=CCN(Cc4ccc([N+](=O)[O-])o4)CC3)c(F)c2)nn1. The fourth-order valence-electron chi connectivity index (χ4n) is 3.37. The average molecular weight is 416 g/mol. The summed E-state index contributed by atoms with van der Waals surface area (Å²) in [7, 11) is 0. The first-order valence-electron chi connectivity index (χ1n) is 9.20. The van der Waals surface area contributed by atoms with E-state index in [0.29, 0.717) is 43.1 Å². The van der Waals surface area contributed by atoms with Gasteiger partial charge in [-0.25, -0.2) is 13.5 Å². The van der Waals surface area contributed by atoms with Crippen LogP contribution in [-0.4, -0.2) is 37.9 Å². The van der Waals surface area contributed by atoms with Crippen LogP contribution in [-0.2, 0) is 13.1 Å². The first kappa shape index (κ1) is 19.9. The van der Waals surface area contributed by atoms with Gasteiger partial charge in [0.15, 0.2) is 0 Å². The monoisotopic (exact) mass is 416 g/mol. The predicted molar refractivity (Wildman–Crippen MR) is 102 cm³/mol. The number of hydrogen-bond acceptors (Lipinski definition) is 7. The Labute approximate surface area is 169 Å². The molecule has 2 aromatic heterocycles. The molecule has 0 bridgehead atoms. The molecule has 0 saturated heterocycles. The van der Waals surface area contributed by atoms with Gasteiger partial charge in [0.1, 0.15) is 22.3 Å². The van der Waals surface area contributed by atoms with Crippen LogP contribution in [0, 0.1) is 21.7 Å². The van der Waals surface area contributed by atoms with Crippen molar-refractivity contribution in [2.75, 3.05) is 13.1 Å².